The van der Waals surface area contributed by atoms with Crippen LogP contribution in [0.15, 0.2) is 54.7 Å². The van der Waals surface area contributed by atoms with Gasteiger partial charge in [0, 0.05) is 31.2 Å². The second-order valence-electron chi connectivity index (χ2n) is 8.81. The fraction of sp³-hybridized carbons (Fsp3) is 0.296. The predicted octanol–water partition coefficient (Wildman–Crippen LogP) is 4.77. The zero-order valence-electron chi connectivity index (χ0n) is 20.9. The topological polar surface area (TPSA) is 84.0 Å². The summed E-state index contributed by atoms with van der Waals surface area (Å²) in [5.41, 5.74) is 2.26. The maximum atomic E-state index is 13.3. The molecule has 2 heterocycles. The Morgan fingerprint density at radius 1 is 1.08 bits per heavy atom. The van der Waals surface area contributed by atoms with Gasteiger partial charge in [0.2, 0.25) is 17.7 Å². The first kappa shape index (κ1) is 28.0. The van der Waals surface area contributed by atoms with Gasteiger partial charge in [-0.1, -0.05) is 53.0 Å². The van der Waals surface area contributed by atoms with E-state index in [0.29, 0.717) is 45.5 Å². The molecule has 1 N–H and O–H groups in total. The van der Waals surface area contributed by atoms with E-state index in [1.165, 1.54) is 11.1 Å². The Balaban J connectivity index is 1.38. The van der Waals surface area contributed by atoms with Gasteiger partial charge in [-0.05, 0) is 42.3 Å². The summed E-state index contributed by atoms with van der Waals surface area (Å²) in [6.07, 6.45) is 1.52. The lowest BCUT2D eigenvalue weighted by Gasteiger charge is -2.37. The Kier molecular flexibility index (Phi) is 9.33. The summed E-state index contributed by atoms with van der Waals surface area (Å²) in [6, 6.07) is 13.5. The van der Waals surface area contributed by atoms with Gasteiger partial charge >= 0.3 is 0 Å². The number of carbonyl (C=O) groups is 2. The van der Waals surface area contributed by atoms with E-state index >= 15 is 0 Å². The van der Waals surface area contributed by atoms with Crippen LogP contribution in [0.3, 0.4) is 0 Å². The van der Waals surface area contributed by atoms with Crippen molar-refractivity contribution in [3.63, 3.8) is 0 Å². The Morgan fingerprint density at radius 3 is 2.47 bits per heavy atom. The first-order valence-corrected chi connectivity index (χ1v) is 13.1. The molecule has 1 aliphatic heterocycles. The van der Waals surface area contributed by atoms with Crippen molar-refractivity contribution in [2.24, 2.45) is 0 Å². The van der Waals surface area contributed by atoms with Crippen molar-refractivity contribution in [1.29, 1.82) is 0 Å². The number of piperazine rings is 1. The first-order chi connectivity index (χ1) is 18.2. The molecule has 1 fully saturated rings. The molecule has 1 aliphatic rings. The Hall–Kier alpha value is -3.04. The average molecular weight is 578 g/mol. The summed E-state index contributed by atoms with van der Waals surface area (Å²) in [4.78, 5) is 33.5. The maximum Gasteiger partial charge on any atom is 0.247 e. The number of hydrogen-bond donors (Lipinski definition) is 1. The van der Waals surface area contributed by atoms with Gasteiger partial charge in [0.15, 0.2) is 5.75 Å². The van der Waals surface area contributed by atoms with Crippen LogP contribution in [0.4, 0.5) is 5.69 Å². The highest BCUT2D eigenvalue weighted by molar-refractivity contribution is 6.37. The molecule has 200 valence electrons. The molecule has 0 unspecified atom stereocenters. The number of nitrogens with zero attached hydrogens (tertiary/aromatic N) is 3. The van der Waals surface area contributed by atoms with Crippen molar-refractivity contribution in [2.45, 2.75) is 19.5 Å². The third kappa shape index (κ3) is 6.69. The molecule has 0 spiro atoms. The summed E-state index contributed by atoms with van der Waals surface area (Å²) in [5, 5.41) is 4.46. The van der Waals surface area contributed by atoms with Gasteiger partial charge in [-0.25, -0.2) is 4.98 Å². The minimum Gasteiger partial charge on any atom is -0.487 e. The number of aryl methyl sites for hydroxylation is 1. The Labute approximate surface area is 236 Å². The molecule has 1 atom stereocenters. The number of likely N-dealkylation sites (N-methyl/N-ethyl adjacent to an activating group) is 1. The van der Waals surface area contributed by atoms with Crippen molar-refractivity contribution in [3.05, 3.63) is 80.9 Å². The van der Waals surface area contributed by atoms with Gasteiger partial charge in [0.05, 0.1) is 28.5 Å². The monoisotopic (exact) mass is 576 g/mol. The number of amides is 2. The maximum absolute atomic E-state index is 13.3. The fourth-order valence-corrected chi connectivity index (χ4v) is 5.02. The third-order valence-corrected chi connectivity index (χ3v) is 6.87. The summed E-state index contributed by atoms with van der Waals surface area (Å²) < 4.78 is 11.3. The molecule has 4 rings (SSSR count). The molecular formula is C27H27Cl3N4O4. The van der Waals surface area contributed by atoms with Crippen molar-refractivity contribution in [1.82, 2.24) is 15.2 Å². The Morgan fingerprint density at radius 2 is 1.79 bits per heavy atom. The molecule has 0 radical (unpaired) electrons. The minimum atomic E-state index is -0.727. The summed E-state index contributed by atoms with van der Waals surface area (Å²) in [5.74, 6) is 0.311. The molecule has 8 nitrogen and oxygen atoms in total. The summed E-state index contributed by atoms with van der Waals surface area (Å²) >= 11 is 18.7. The van der Waals surface area contributed by atoms with Crippen LogP contribution in [0.2, 0.25) is 15.1 Å². The molecular weight excluding hydrogens is 551 g/mol. The number of halogens is 3. The van der Waals surface area contributed by atoms with E-state index in [1.807, 2.05) is 25.1 Å². The van der Waals surface area contributed by atoms with Crippen LogP contribution < -0.4 is 19.7 Å². The summed E-state index contributed by atoms with van der Waals surface area (Å²) in [6.45, 7) is 3.06. The second-order valence-corrected chi connectivity index (χ2v) is 10.0. The van der Waals surface area contributed by atoms with Crippen molar-refractivity contribution < 1.29 is 19.1 Å². The van der Waals surface area contributed by atoms with Crippen LogP contribution in [0.25, 0.3) is 0 Å². The van der Waals surface area contributed by atoms with Gasteiger partial charge in [-0.3, -0.25) is 14.5 Å². The minimum absolute atomic E-state index is 0.123. The van der Waals surface area contributed by atoms with Crippen LogP contribution in [-0.4, -0.2) is 61.1 Å². The number of nitrogens with one attached hydrogen (secondary N) is 1. The standard InChI is InChI=1S/C27H27Cl3N4O4/c1-17-11-21(29)26(22(30)12-17)38-10-9-37-24-8-7-19(13-32-24)34-23(14-31-15-25(34)35)27(36)33(2)16-18-5-3-4-6-20(18)28/h3-8,11-13,23,31H,9-10,14-16H2,1-2H3/t23-/m1/s1. The molecule has 3 aromatic rings. The third-order valence-electron chi connectivity index (χ3n) is 5.94. The quantitative estimate of drug-likeness (QED) is 0.369. The molecule has 2 aromatic carbocycles. The number of aromatic nitrogens is 1. The van der Waals surface area contributed by atoms with Crippen LogP contribution in [-0.2, 0) is 16.1 Å². The van der Waals surface area contributed by atoms with Gasteiger partial charge < -0.3 is 19.7 Å². The number of pyridine rings is 1. The lowest BCUT2D eigenvalue weighted by molar-refractivity contribution is -0.134. The summed E-state index contributed by atoms with van der Waals surface area (Å²) in [7, 11) is 1.69. The smallest absolute Gasteiger partial charge is 0.247 e. The second kappa shape index (κ2) is 12.7. The van der Waals surface area contributed by atoms with E-state index in [1.54, 1.807) is 42.3 Å². The molecule has 2 amide bonds. The lowest BCUT2D eigenvalue weighted by atomic mass is 10.1. The van der Waals surface area contributed by atoms with Gasteiger partial charge in [0.1, 0.15) is 19.3 Å². The predicted molar refractivity (Wildman–Crippen MR) is 148 cm³/mol. The molecule has 11 heteroatoms. The number of carbonyl (C=O) groups excluding carboxylic acids is 2. The van der Waals surface area contributed by atoms with E-state index in [2.05, 4.69) is 10.3 Å². The van der Waals surface area contributed by atoms with E-state index in [-0.39, 0.29) is 31.6 Å². The highest BCUT2D eigenvalue weighted by Crippen LogP contribution is 2.34. The van der Waals surface area contributed by atoms with Crippen LogP contribution in [0.5, 0.6) is 11.6 Å². The molecule has 38 heavy (non-hydrogen) atoms. The number of benzene rings is 2. The number of anilines is 1. The number of hydrogen-bond acceptors (Lipinski definition) is 6. The van der Waals surface area contributed by atoms with Crippen molar-refractivity contribution in [3.8, 4) is 11.6 Å². The fourth-order valence-electron chi connectivity index (χ4n) is 4.12. The highest BCUT2D eigenvalue weighted by atomic mass is 35.5. The SMILES string of the molecule is Cc1cc(Cl)c(OCCOc2ccc(N3C(=O)CNC[C@@H]3C(=O)N(C)Cc3ccccc3Cl)cn2)c(Cl)c1. The van der Waals surface area contributed by atoms with Crippen LogP contribution in [0, 0.1) is 6.92 Å². The first-order valence-electron chi connectivity index (χ1n) is 11.9. The van der Waals surface area contributed by atoms with Gasteiger partial charge in [0.25, 0.3) is 0 Å². The molecule has 0 bridgehead atoms. The average Bonchev–Trinajstić information content (AvgIpc) is 2.89. The largest absolute Gasteiger partial charge is 0.487 e. The highest BCUT2D eigenvalue weighted by Gasteiger charge is 2.36. The lowest BCUT2D eigenvalue weighted by Crippen LogP contribution is -2.60. The van der Waals surface area contributed by atoms with E-state index in [4.69, 9.17) is 44.3 Å². The molecule has 1 aromatic heterocycles. The van der Waals surface area contributed by atoms with E-state index < -0.39 is 6.04 Å². The van der Waals surface area contributed by atoms with E-state index in [9.17, 15) is 9.59 Å². The molecule has 0 aliphatic carbocycles. The zero-order valence-corrected chi connectivity index (χ0v) is 23.2. The van der Waals surface area contributed by atoms with Gasteiger partial charge in [-0.2, -0.15) is 0 Å². The van der Waals surface area contributed by atoms with Crippen LogP contribution in [0.1, 0.15) is 11.1 Å². The van der Waals surface area contributed by atoms with Gasteiger partial charge in [-0.15, -0.1) is 0 Å². The number of ether oxygens (including phenoxy) is 2. The van der Waals surface area contributed by atoms with E-state index in [0.717, 1.165) is 11.1 Å². The zero-order chi connectivity index (χ0) is 27.2. The Bertz CT molecular complexity index is 1280. The van der Waals surface area contributed by atoms with Crippen LogP contribution >= 0.6 is 34.8 Å². The van der Waals surface area contributed by atoms with Crippen molar-refractivity contribution in [2.75, 3.05) is 38.3 Å². The number of rotatable bonds is 9. The normalized spacial score (nSPS) is 15.3. The molecule has 1 saturated heterocycles. The van der Waals surface area contributed by atoms with Crippen molar-refractivity contribution >= 4 is 52.3 Å². The molecule has 0 saturated carbocycles.